The molecule has 200 valence electrons. The lowest BCUT2D eigenvalue weighted by Gasteiger charge is -2.21. The van der Waals surface area contributed by atoms with Crippen LogP contribution < -0.4 is 9.64 Å². The molecule has 0 N–H and O–H groups in total. The molecule has 4 rings (SSSR count). The molecule has 8 nitrogen and oxygen atoms in total. The van der Waals surface area contributed by atoms with E-state index in [2.05, 4.69) is 4.90 Å². The summed E-state index contributed by atoms with van der Waals surface area (Å²) >= 11 is 1.43. The number of carbonyl (C=O) groups is 1. The molecule has 0 atom stereocenters. The van der Waals surface area contributed by atoms with Gasteiger partial charge in [-0.1, -0.05) is 47.7 Å². The molecule has 0 aliphatic rings. The van der Waals surface area contributed by atoms with E-state index in [1.807, 2.05) is 62.6 Å². The van der Waals surface area contributed by atoms with E-state index in [-0.39, 0.29) is 17.3 Å². The summed E-state index contributed by atoms with van der Waals surface area (Å²) in [5.74, 6) is 0.420. The molecule has 0 bridgehead atoms. The third-order valence-corrected chi connectivity index (χ3v) is 8.97. The highest BCUT2D eigenvalue weighted by Gasteiger charge is 2.25. The van der Waals surface area contributed by atoms with Gasteiger partial charge < -0.3 is 9.64 Å². The standard InChI is InChI=1S/C28H32N4O4S2/c1-30(2)18-9-19-32(28-29-26-24(36-4)12-8-13-25(26)37-28)27(33)22-14-16-23(17-15-22)38(34,35)31(3)20-21-10-6-5-7-11-21/h5-8,10-17H,9,18-20H2,1-4H3. The first-order chi connectivity index (χ1) is 18.2. The summed E-state index contributed by atoms with van der Waals surface area (Å²) in [5.41, 5.74) is 2.00. The van der Waals surface area contributed by atoms with Gasteiger partial charge in [0.05, 0.1) is 16.7 Å². The Morgan fingerprint density at radius 1 is 0.921 bits per heavy atom. The molecule has 0 unspecified atom stereocenters. The molecular formula is C28H32N4O4S2. The van der Waals surface area contributed by atoms with Gasteiger partial charge in [-0.15, -0.1) is 0 Å². The number of sulfonamides is 1. The molecule has 0 radical (unpaired) electrons. The Bertz CT molecular complexity index is 1490. The normalized spacial score (nSPS) is 11.8. The van der Waals surface area contributed by atoms with Gasteiger partial charge in [0.25, 0.3) is 5.91 Å². The van der Waals surface area contributed by atoms with Crippen LogP contribution in [0.2, 0.25) is 0 Å². The van der Waals surface area contributed by atoms with Crippen molar-refractivity contribution in [2.45, 2.75) is 17.9 Å². The van der Waals surface area contributed by atoms with Crippen molar-refractivity contribution in [3.05, 3.63) is 83.9 Å². The van der Waals surface area contributed by atoms with E-state index in [1.54, 1.807) is 31.2 Å². The largest absolute Gasteiger partial charge is 0.494 e. The minimum Gasteiger partial charge on any atom is -0.494 e. The molecule has 1 amide bonds. The topological polar surface area (TPSA) is 83.0 Å². The monoisotopic (exact) mass is 552 g/mol. The lowest BCUT2D eigenvalue weighted by molar-refractivity contribution is 0.0986. The maximum atomic E-state index is 13.7. The summed E-state index contributed by atoms with van der Waals surface area (Å²) in [6.45, 7) is 1.53. The first-order valence-electron chi connectivity index (χ1n) is 12.2. The molecule has 0 spiro atoms. The first-order valence-corrected chi connectivity index (χ1v) is 14.5. The van der Waals surface area contributed by atoms with Crippen LogP contribution in [0.15, 0.2) is 77.7 Å². The van der Waals surface area contributed by atoms with Crippen molar-refractivity contribution in [3.63, 3.8) is 0 Å². The fourth-order valence-electron chi connectivity index (χ4n) is 4.05. The number of anilines is 1. The third kappa shape index (κ3) is 6.21. The van der Waals surface area contributed by atoms with Gasteiger partial charge in [-0.05, 0) is 69.0 Å². The zero-order chi connectivity index (χ0) is 27.3. The highest BCUT2D eigenvalue weighted by atomic mass is 32.2. The summed E-state index contributed by atoms with van der Waals surface area (Å²) < 4.78 is 34.0. The maximum Gasteiger partial charge on any atom is 0.260 e. The molecule has 0 aliphatic carbocycles. The summed E-state index contributed by atoms with van der Waals surface area (Å²) in [7, 11) is 3.40. The molecule has 1 aromatic heterocycles. The number of hydrogen-bond acceptors (Lipinski definition) is 7. The summed E-state index contributed by atoms with van der Waals surface area (Å²) in [5, 5.41) is 0.576. The first kappa shape index (κ1) is 27.7. The van der Waals surface area contributed by atoms with Gasteiger partial charge in [0.15, 0.2) is 5.13 Å². The number of rotatable bonds is 11. The van der Waals surface area contributed by atoms with Crippen molar-refractivity contribution in [2.24, 2.45) is 0 Å². The van der Waals surface area contributed by atoms with E-state index in [0.29, 0.717) is 28.5 Å². The van der Waals surface area contributed by atoms with E-state index in [1.165, 1.54) is 27.8 Å². The summed E-state index contributed by atoms with van der Waals surface area (Å²) in [4.78, 5) is 22.3. The van der Waals surface area contributed by atoms with Crippen LogP contribution in [0, 0.1) is 0 Å². The van der Waals surface area contributed by atoms with Crippen LogP contribution in [0.25, 0.3) is 10.2 Å². The van der Waals surface area contributed by atoms with Gasteiger partial charge in [0, 0.05) is 25.7 Å². The van der Waals surface area contributed by atoms with Gasteiger partial charge in [-0.2, -0.15) is 4.31 Å². The second-order valence-electron chi connectivity index (χ2n) is 9.19. The number of carbonyl (C=O) groups excluding carboxylic acids is 1. The van der Waals surface area contributed by atoms with E-state index < -0.39 is 10.0 Å². The summed E-state index contributed by atoms with van der Waals surface area (Å²) in [6, 6.07) is 21.2. The van der Waals surface area contributed by atoms with E-state index >= 15 is 0 Å². The molecule has 0 fully saturated rings. The Hall–Kier alpha value is -3.31. The smallest absolute Gasteiger partial charge is 0.260 e. The average molecular weight is 553 g/mol. The number of amides is 1. The van der Waals surface area contributed by atoms with Crippen molar-refractivity contribution in [3.8, 4) is 5.75 Å². The number of para-hydroxylation sites is 1. The minimum absolute atomic E-state index is 0.136. The predicted octanol–water partition coefficient (Wildman–Crippen LogP) is 4.72. The predicted molar refractivity (Wildman–Crippen MR) is 153 cm³/mol. The lowest BCUT2D eigenvalue weighted by atomic mass is 10.2. The van der Waals surface area contributed by atoms with Crippen molar-refractivity contribution < 1.29 is 17.9 Å². The molecule has 0 saturated carbocycles. The van der Waals surface area contributed by atoms with Crippen LogP contribution in [0.4, 0.5) is 5.13 Å². The third-order valence-electron chi connectivity index (χ3n) is 6.11. The molecule has 38 heavy (non-hydrogen) atoms. The zero-order valence-electron chi connectivity index (χ0n) is 22.0. The molecular weight excluding hydrogens is 520 g/mol. The Balaban J connectivity index is 1.59. The molecule has 3 aromatic carbocycles. The number of hydrogen-bond donors (Lipinski definition) is 0. The van der Waals surface area contributed by atoms with Gasteiger partial charge in [-0.25, -0.2) is 13.4 Å². The Morgan fingerprint density at radius 3 is 2.29 bits per heavy atom. The number of methoxy groups -OCH3 is 1. The number of ether oxygens (including phenoxy) is 1. The Labute approximate surface area is 228 Å². The van der Waals surface area contributed by atoms with Gasteiger partial charge in [-0.3, -0.25) is 9.69 Å². The van der Waals surface area contributed by atoms with Crippen molar-refractivity contribution >= 4 is 42.6 Å². The Kier molecular flexibility index (Phi) is 8.78. The second kappa shape index (κ2) is 12.0. The van der Waals surface area contributed by atoms with Crippen LogP contribution in [0.5, 0.6) is 5.75 Å². The van der Waals surface area contributed by atoms with E-state index in [0.717, 1.165) is 23.2 Å². The average Bonchev–Trinajstić information content (AvgIpc) is 3.35. The summed E-state index contributed by atoms with van der Waals surface area (Å²) in [6.07, 6.45) is 0.753. The SMILES string of the molecule is COc1cccc2sc(N(CCCN(C)C)C(=O)c3ccc(S(=O)(=O)N(C)Cc4ccccc4)cc3)nc12. The van der Waals surface area contributed by atoms with Gasteiger partial charge in [0.2, 0.25) is 10.0 Å². The maximum absolute atomic E-state index is 13.7. The van der Waals surface area contributed by atoms with Crippen molar-refractivity contribution in [1.82, 2.24) is 14.2 Å². The molecule has 4 aromatic rings. The van der Waals surface area contributed by atoms with Gasteiger partial charge in [0.1, 0.15) is 11.3 Å². The highest BCUT2D eigenvalue weighted by molar-refractivity contribution is 7.89. The second-order valence-corrected chi connectivity index (χ2v) is 12.2. The highest BCUT2D eigenvalue weighted by Crippen LogP contribution is 2.34. The van der Waals surface area contributed by atoms with E-state index in [9.17, 15) is 13.2 Å². The number of benzene rings is 3. The molecule has 0 saturated heterocycles. The Morgan fingerprint density at radius 2 is 1.63 bits per heavy atom. The molecule has 10 heteroatoms. The minimum atomic E-state index is -3.72. The van der Waals surface area contributed by atoms with Crippen molar-refractivity contribution in [2.75, 3.05) is 46.2 Å². The van der Waals surface area contributed by atoms with Crippen LogP contribution in [0.3, 0.4) is 0 Å². The zero-order valence-corrected chi connectivity index (χ0v) is 23.6. The van der Waals surface area contributed by atoms with Crippen LogP contribution in [-0.2, 0) is 16.6 Å². The van der Waals surface area contributed by atoms with Gasteiger partial charge >= 0.3 is 0 Å². The number of nitrogens with zero attached hydrogens (tertiary/aromatic N) is 4. The quantitative estimate of drug-likeness (QED) is 0.268. The number of aromatic nitrogens is 1. The van der Waals surface area contributed by atoms with Crippen LogP contribution in [0.1, 0.15) is 22.3 Å². The van der Waals surface area contributed by atoms with Crippen LogP contribution in [-0.4, -0.2) is 69.9 Å². The molecule has 1 heterocycles. The molecule has 0 aliphatic heterocycles. The fraction of sp³-hybridized carbons (Fsp3) is 0.286. The number of fused-ring (bicyclic) bond motifs is 1. The van der Waals surface area contributed by atoms with E-state index in [4.69, 9.17) is 9.72 Å². The van der Waals surface area contributed by atoms with Crippen molar-refractivity contribution in [1.29, 1.82) is 0 Å². The lowest BCUT2D eigenvalue weighted by Crippen LogP contribution is -2.33. The number of thiazole rings is 1. The van der Waals surface area contributed by atoms with Crippen LogP contribution >= 0.6 is 11.3 Å². The fourth-order valence-corrected chi connectivity index (χ4v) is 6.22.